The van der Waals surface area contributed by atoms with Crippen molar-refractivity contribution in [2.75, 3.05) is 0 Å². The Morgan fingerprint density at radius 2 is 1.85 bits per heavy atom. The number of esters is 1. The summed E-state index contributed by atoms with van der Waals surface area (Å²) >= 11 is 0. The summed E-state index contributed by atoms with van der Waals surface area (Å²) in [5, 5.41) is 12.8. The predicted molar refractivity (Wildman–Crippen MR) is 106 cm³/mol. The number of carbonyl (C=O) groups excluding carboxylic acids is 1. The molecular formula is C23H33NO3. The summed E-state index contributed by atoms with van der Waals surface area (Å²) < 4.78 is 5.53. The van der Waals surface area contributed by atoms with Crippen molar-refractivity contribution in [2.24, 2.45) is 33.7 Å². The first-order valence-electron chi connectivity index (χ1n) is 10.6. The highest BCUT2D eigenvalue weighted by Crippen LogP contribution is 2.65. The van der Waals surface area contributed by atoms with Gasteiger partial charge in [0.05, 0.1) is 5.71 Å². The Labute approximate surface area is 162 Å². The molecule has 1 N–H and O–H groups in total. The van der Waals surface area contributed by atoms with Gasteiger partial charge in [0, 0.05) is 13.3 Å². The van der Waals surface area contributed by atoms with Crippen molar-refractivity contribution >= 4 is 11.7 Å². The molecule has 0 aliphatic heterocycles. The number of rotatable bonds is 2. The van der Waals surface area contributed by atoms with E-state index in [1.165, 1.54) is 30.9 Å². The van der Waals surface area contributed by atoms with E-state index in [2.05, 4.69) is 31.2 Å². The lowest BCUT2D eigenvalue weighted by Crippen LogP contribution is -2.50. The van der Waals surface area contributed by atoms with Crippen molar-refractivity contribution < 1.29 is 14.7 Å². The smallest absolute Gasteiger partial charge is 0.302 e. The Morgan fingerprint density at radius 3 is 2.56 bits per heavy atom. The summed E-state index contributed by atoms with van der Waals surface area (Å²) in [6.07, 6.45) is 12.6. The van der Waals surface area contributed by atoms with Crippen molar-refractivity contribution in [3.63, 3.8) is 0 Å². The molecule has 4 aliphatic rings. The van der Waals surface area contributed by atoms with Crippen LogP contribution in [0.1, 0.15) is 72.6 Å². The third kappa shape index (κ3) is 2.78. The fraction of sp³-hybridized carbons (Fsp3) is 0.739. The van der Waals surface area contributed by atoms with Crippen LogP contribution in [0.3, 0.4) is 0 Å². The first-order valence-corrected chi connectivity index (χ1v) is 10.6. The Bertz CT molecular complexity index is 736. The van der Waals surface area contributed by atoms with Gasteiger partial charge in [-0.15, -0.1) is 0 Å². The number of hydrogen-bond acceptors (Lipinski definition) is 4. The highest BCUT2D eigenvalue weighted by Gasteiger charge is 2.57. The van der Waals surface area contributed by atoms with Crippen molar-refractivity contribution in [1.82, 2.24) is 0 Å². The van der Waals surface area contributed by atoms with Gasteiger partial charge >= 0.3 is 5.97 Å². The molecule has 0 unspecified atom stereocenters. The van der Waals surface area contributed by atoms with Gasteiger partial charge in [-0.2, -0.15) is 0 Å². The molecule has 0 heterocycles. The second-order valence-corrected chi connectivity index (χ2v) is 9.73. The minimum Gasteiger partial charge on any atom is -0.462 e. The zero-order valence-electron chi connectivity index (χ0n) is 17.1. The Hall–Kier alpha value is -1.58. The molecule has 27 heavy (non-hydrogen) atoms. The molecule has 0 aromatic rings. The fourth-order valence-electron chi connectivity index (χ4n) is 7.14. The summed E-state index contributed by atoms with van der Waals surface area (Å²) in [4.78, 5) is 11.4. The fourth-order valence-corrected chi connectivity index (χ4v) is 7.14. The Kier molecular flexibility index (Phi) is 4.51. The van der Waals surface area contributed by atoms with Crippen molar-refractivity contribution in [3.8, 4) is 0 Å². The predicted octanol–water partition coefficient (Wildman–Crippen LogP) is 5.27. The minimum atomic E-state index is -0.156. The van der Waals surface area contributed by atoms with E-state index >= 15 is 0 Å². The first-order chi connectivity index (χ1) is 12.8. The maximum absolute atomic E-state index is 11.4. The van der Waals surface area contributed by atoms with Crippen molar-refractivity contribution in [2.45, 2.75) is 78.7 Å². The van der Waals surface area contributed by atoms with E-state index < -0.39 is 0 Å². The molecule has 6 atom stereocenters. The van der Waals surface area contributed by atoms with E-state index in [-0.39, 0.29) is 22.9 Å². The van der Waals surface area contributed by atoms with Crippen LogP contribution in [0.15, 0.2) is 28.5 Å². The maximum atomic E-state index is 11.4. The van der Waals surface area contributed by atoms with Crippen LogP contribution in [-0.2, 0) is 9.53 Å². The van der Waals surface area contributed by atoms with Gasteiger partial charge in [-0.25, -0.2) is 0 Å². The molecule has 0 amide bonds. The largest absolute Gasteiger partial charge is 0.462 e. The van der Waals surface area contributed by atoms with Crippen LogP contribution in [0.4, 0.5) is 0 Å². The van der Waals surface area contributed by atoms with Crippen LogP contribution in [0.2, 0.25) is 0 Å². The highest BCUT2D eigenvalue weighted by molar-refractivity contribution is 5.99. The topological polar surface area (TPSA) is 58.9 Å². The Balaban J connectivity index is 1.59. The van der Waals surface area contributed by atoms with E-state index in [4.69, 9.17) is 4.74 Å². The molecule has 148 valence electrons. The zero-order valence-corrected chi connectivity index (χ0v) is 17.1. The van der Waals surface area contributed by atoms with E-state index in [9.17, 15) is 10.0 Å². The van der Waals surface area contributed by atoms with Crippen LogP contribution in [0, 0.1) is 28.6 Å². The van der Waals surface area contributed by atoms with Crippen LogP contribution in [-0.4, -0.2) is 23.0 Å². The summed E-state index contributed by atoms with van der Waals surface area (Å²) in [6, 6.07) is 0. The molecule has 0 bridgehead atoms. The molecule has 4 aliphatic carbocycles. The molecule has 2 saturated carbocycles. The lowest BCUT2D eigenvalue weighted by Gasteiger charge is -2.57. The van der Waals surface area contributed by atoms with Gasteiger partial charge in [0.2, 0.25) is 0 Å². The van der Waals surface area contributed by atoms with Crippen LogP contribution in [0.25, 0.3) is 0 Å². The minimum absolute atomic E-state index is 0.0652. The molecular weight excluding hydrogens is 338 g/mol. The average Bonchev–Trinajstić information content (AvgIpc) is 2.98. The zero-order chi connectivity index (χ0) is 19.4. The standard InChI is InChI=1S/C23H33NO3/c1-14(24-26)19-7-8-20-18-6-5-16-13-17(27-15(2)25)9-11-22(16,3)21(18)10-12-23(19,20)4/h5,7,17-18,20-21,26H,6,8-13H2,1-4H3/b24-14-/t17-,18+,20+,21+,22-,23+/m0/s1. The first kappa shape index (κ1) is 18.8. The van der Waals surface area contributed by atoms with Gasteiger partial charge in [-0.1, -0.05) is 36.7 Å². The number of nitrogens with zero attached hydrogens (tertiary/aromatic N) is 1. The number of ether oxygens (including phenoxy) is 1. The second kappa shape index (κ2) is 6.49. The van der Waals surface area contributed by atoms with Crippen molar-refractivity contribution in [1.29, 1.82) is 0 Å². The molecule has 4 nitrogen and oxygen atoms in total. The van der Waals surface area contributed by atoms with Gasteiger partial charge in [0.25, 0.3) is 0 Å². The van der Waals surface area contributed by atoms with E-state index in [0.717, 1.165) is 37.8 Å². The molecule has 4 heteroatoms. The molecule has 0 spiro atoms. The molecule has 0 saturated heterocycles. The maximum Gasteiger partial charge on any atom is 0.302 e. The van der Waals surface area contributed by atoms with Crippen LogP contribution in [0.5, 0.6) is 0 Å². The summed E-state index contributed by atoms with van der Waals surface area (Å²) in [5.41, 5.74) is 3.99. The number of oxime groups is 1. The third-order valence-corrected chi connectivity index (χ3v) is 8.51. The molecule has 0 aromatic heterocycles. The molecule has 0 aromatic carbocycles. The third-order valence-electron chi connectivity index (χ3n) is 8.51. The lowest BCUT2D eigenvalue weighted by molar-refractivity contribution is -0.148. The quantitative estimate of drug-likeness (QED) is 0.237. The monoisotopic (exact) mass is 371 g/mol. The van der Waals surface area contributed by atoms with Gasteiger partial charge in [-0.3, -0.25) is 4.79 Å². The average molecular weight is 372 g/mol. The Morgan fingerprint density at radius 1 is 1.11 bits per heavy atom. The number of carbonyl (C=O) groups is 1. The molecule has 4 rings (SSSR count). The summed E-state index contributed by atoms with van der Waals surface area (Å²) in [6.45, 7) is 8.30. The molecule has 0 radical (unpaired) electrons. The van der Waals surface area contributed by atoms with Gasteiger partial charge in [0.1, 0.15) is 6.10 Å². The highest BCUT2D eigenvalue weighted by atomic mass is 16.5. The molecule has 2 fully saturated rings. The van der Waals surface area contributed by atoms with Gasteiger partial charge < -0.3 is 9.94 Å². The summed E-state index contributed by atoms with van der Waals surface area (Å²) in [7, 11) is 0. The normalized spacial score (nSPS) is 43.8. The summed E-state index contributed by atoms with van der Waals surface area (Å²) in [5.74, 6) is 1.90. The number of hydrogen-bond donors (Lipinski definition) is 1. The van der Waals surface area contributed by atoms with E-state index in [1.54, 1.807) is 0 Å². The van der Waals surface area contributed by atoms with E-state index in [0.29, 0.717) is 17.8 Å². The number of allylic oxidation sites excluding steroid dienone is 3. The second-order valence-electron chi connectivity index (χ2n) is 9.73. The lowest BCUT2D eigenvalue weighted by atomic mass is 9.47. The van der Waals surface area contributed by atoms with Crippen LogP contribution < -0.4 is 0 Å². The van der Waals surface area contributed by atoms with E-state index in [1.807, 2.05) is 6.92 Å². The number of fused-ring (bicyclic) bond motifs is 5. The van der Waals surface area contributed by atoms with Gasteiger partial charge in [-0.05, 0) is 79.6 Å². The SMILES string of the molecule is CC(=O)O[C@H]1CC[C@@]2(C)C(=CC[C@H]3[C@H]2CC[C@]2(C)C(/C(C)=N\O)=CC[C@H]32)C1. The van der Waals surface area contributed by atoms with Crippen LogP contribution >= 0.6 is 0 Å². The van der Waals surface area contributed by atoms with Crippen molar-refractivity contribution in [3.05, 3.63) is 23.3 Å². The van der Waals surface area contributed by atoms with Gasteiger partial charge in [0.15, 0.2) is 0 Å².